The van der Waals surface area contributed by atoms with Crippen LogP contribution in [0.25, 0.3) is 0 Å². The number of hydrogen-bond acceptors (Lipinski definition) is 1. The predicted octanol–water partition coefficient (Wildman–Crippen LogP) is 2.69. The third kappa shape index (κ3) is 7.62. The molecule has 0 N–H and O–H groups in total. The molecule has 0 aliphatic carbocycles. The van der Waals surface area contributed by atoms with Crippen LogP contribution >= 0.6 is 0 Å². The fourth-order valence-electron chi connectivity index (χ4n) is 1.20. The lowest BCUT2D eigenvalue weighted by molar-refractivity contribution is 0.308. The minimum atomic E-state index is 0.883. The summed E-state index contributed by atoms with van der Waals surface area (Å²) in [6.45, 7) is 13.3. The zero-order chi connectivity index (χ0) is 10.1. The summed E-state index contributed by atoms with van der Waals surface area (Å²) in [5, 5.41) is 0. The predicted molar refractivity (Wildman–Crippen MR) is 59.6 cm³/mol. The van der Waals surface area contributed by atoms with E-state index in [9.17, 15) is 0 Å². The zero-order valence-corrected chi connectivity index (χ0v) is 9.19. The van der Waals surface area contributed by atoms with Gasteiger partial charge in [0.25, 0.3) is 0 Å². The molecule has 1 heteroatoms. The van der Waals surface area contributed by atoms with Gasteiger partial charge in [-0.3, -0.25) is 4.90 Å². The zero-order valence-electron chi connectivity index (χ0n) is 9.19. The monoisotopic (exact) mass is 179 g/mol. The maximum absolute atomic E-state index is 3.75. The average molecular weight is 179 g/mol. The Kier molecular flexibility index (Phi) is 7.44. The summed E-state index contributed by atoms with van der Waals surface area (Å²) in [5.74, 6) is 6.14. The van der Waals surface area contributed by atoms with E-state index in [0.29, 0.717) is 0 Å². The lowest BCUT2D eigenvalue weighted by Crippen LogP contribution is -2.25. The van der Waals surface area contributed by atoms with Crippen LogP contribution < -0.4 is 0 Å². The summed E-state index contributed by atoms with van der Waals surface area (Å²) in [6.07, 6.45) is 2.41. The van der Waals surface area contributed by atoms with E-state index in [1.165, 1.54) is 12.8 Å². The highest BCUT2D eigenvalue weighted by Crippen LogP contribution is 1.92. The molecule has 74 valence electrons. The van der Waals surface area contributed by atoms with Gasteiger partial charge in [0.05, 0.1) is 6.54 Å². The smallest absolute Gasteiger partial charge is 0.0605 e. The van der Waals surface area contributed by atoms with Gasteiger partial charge in [-0.05, 0) is 38.4 Å². The lowest BCUT2D eigenvalue weighted by Gasteiger charge is -2.17. The van der Waals surface area contributed by atoms with Crippen molar-refractivity contribution in [1.82, 2.24) is 4.90 Å². The fraction of sp³-hybridized carbons (Fsp3) is 0.667. The third-order valence-electron chi connectivity index (χ3n) is 1.68. The molecule has 0 aromatic carbocycles. The molecule has 13 heavy (non-hydrogen) atoms. The second-order valence-corrected chi connectivity index (χ2v) is 3.36. The number of allylic oxidation sites excluding steroid dienone is 1. The number of nitrogens with zero attached hydrogens (tertiary/aromatic N) is 1. The Morgan fingerprint density at radius 2 is 1.77 bits per heavy atom. The van der Waals surface area contributed by atoms with Gasteiger partial charge in [0.15, 0.2) is 0 Å². The van der Waals surface area contributed by atoms with Crippen LogP contribution in [0.15, 0.2) is 12.2 Å². The molecule has 0 radical (unpaired) electrons. The second kappa shape index (κ2) is 7.89. The normalized spacial score (nSPS) is 9.54. The molecule has 0 atom stereocenters. The first kappa shape index (κ1) is 12.3. The summed E-state index contributed by atoms with van der Waals surface area (Å²) in [4.78, 5) is 2.38. The fourth-order valence-corrected chi connectivity index (χ4v) is 1.20. The lowest BCUT2D eigenvalue weighted by atomic mass is 10.3. The van der Waals surface area contributed by atoms with Gasteiger partial charge in [-0.1, -0.05) is 32.3 Å². The van der Waals surface area contributed by atoms with Crippen molar-refractivity contribution >= 4 is 0 Å². The molecule has 1 nitrogen and oxygen atoms in total. The summed E-state index contributed by atoms with van der Waals surface area (Å²) in [7, 11) is 0. The van der Waals surface area contributed by atoms with Crippen molar-refractivity contribution in [2.24, 2.45) is 0 Å². The van der Waals surface area contributed by atoms with E-state index in [2.05, 4.69) is 37.2 Å². The van der Waals surface area contributed by atoms with E-state index in [0.717, 1.165) is 25.2 Å². The molecule has 0 saturated carbocycles. The van der Waals surface area contributed by atoms with Gasteiger partial charge in [0.1, 0.15) is 0 Å². The van der Waals surface area contributed by atoms with Crippen LogP contribution in [0.4, 0.5) is 0 Å². The van der Waals surface area contributed by atoms with Gasteiger partial charge in [-0.2, -0.15) is 0 Å². The second-order valence-electron chi connectivity index (χ2n) is 3.36. The maximum atomic E-state index is 3.75. The van der Waals surface area contributed by atoms with Crippen LogP contribution in [-0.2, 0) is 0 Å². The highest BCUT2D eigenvalue weighted by molar-refractivity contribution is 5.23. The molecule has 0 amide bonds. The summed E-state index contributed by atoms with van der Waals surface area (Å²) in [6, 6.07) is 0. The van der Waals surface area contributed by atoms with Crippen LogP contribution in [0.5, 0.6) is 0 Å². The molecular weight excluding hydrogens is 158 g/mol. The van der Waals surface area contributed by atoms with Gasteiger partial charge in [-0.15, -0.1) is 0 Å². The Bertz CT molecular complexity index is 189. The third-order valence-corrected chi connectivity index (χ3v) is 1.68. The molecule has 0 heterocycles. The van der Waals surface area contributed by atoms with Gasteiger partial charge in [-0.25, -0.2) is 0 Å². The van der Waals surface area contributed by atoms with Gasteiger partial charge in [0.2, 0.25) is 0 Å². The molecule has 0 spiro atoms. The van der Waals surface area contributed by atoms with Crippen LogP contribution in [0.3, 0.4) is 0 Å². The molecule has 0 saturated heterocycles. The van der Waals surface area contributed by atoms with Crippen molar-refractivity contribution in [3.63, 3.8) is 0 Å². The van der Waals surface area contributed by atoms with E-state index < -0.39 is 0 Å². The molecule has 0 aromatic heterocycles. The molecule has 0 fully saturated rings. The van der Waals surface area contributed by atoms with Crippen molar-refractivity contribution < 1.29 is 0 Å². The van der Waals surface area contributed by atoms with Crippen molar-refractivity contribution in [2.75, 3.05) is 19.6 Å². The summed E-state index contributed by atoms with van der Waals surface area (Å²) < 4.78 is 0. The highest BCUT2D eigenvalue weighted by atomic mass is 15.1. The highest BCUT2D eigenvalue weighted by Gasteiger charge is 1.98. The minimum Gasteiger partial charge on any atom is -0.292 e. The Morgan fingerprint density at radius 1 is 1.23 bits per heavy atom. The topological polar surface area (TPSA) is 3.24 Å². The van der Waals surface area contributed by atoms with Crippen molar-refractivity contribution in [2.45, 2.75) is 33.6 Å². The first-order valence-corrected chi connectivity index (χ1v) is 5.07. The van der Waals surface area contributed by atoms with Gasteiger partial charge < -0.3 is 0 Å². The summed E-state index contributed by atoms with van der Waals surface area (Å²) >= 11 is 0. The number of rotatable bonds is 5. The van der Waals surface area contributed by atoms with E-state index in [1.54, 1.807) is 0 Å². The first-order chi connectivity index (χ1) is 6.20. The molecular formula is C12H21N. The molecule has 0 aliphatic heterocycles. The average Bonchev–Trinajstić information content (AvgIpc) is 2.04. The van der Waals surface area contributed by atoms with Crippen molar-refractivity contribution in [3.05, 3.63) is 12.2 Å². The number of hydrogen-bond donors (Lipinski definition) is 0. The Morgan fingerprint density at radius 3 is 2.15 bits per heavy atom. The van der Waals surface area contributed by atoms with Crippen molar-refractivity contribution in [3.8, 4) is 11.8 Å². The van der Waals surface area contributed by atoms with E-state index in [1.807, 2.05) is 6.92 Å². The van der Waals surface area contributed by atoms with Crippen LogP contribution in [-0.4, -0.2) is 24.5 Å². The van der Waals surface area contributed by atoms with E-state index in [4.69, 9.17) is 0 Å². The largest absolute Gasteiger partial charge is 0.292 e. The SMILES string of the molecule is C=C(C)C#CCN(CCC)CCC. The van der Waals surface area contributed by atoms with Crippen LogP contribution in [0.1, 0.15) is 33.6 Å². The first-order valence-electron chi connectivity index (χ1n) is 5.07. The molecule has 0 rings (SSSR count). The Hall–Kier alpha value is -0.740. The van der Waals surface area contributed by atoms with Gasteiger partial charge in [0, 0.05) is 0 Å². The van der Waals surface area contributed by atoms with E-state index >= 15 is 0 Å². The molecule has 0 aromatic rings. The maximum Gasteiger partial charge on any atom is 0.0605 e. The molecule has 0 bridgehead atoms. The Labute approximate surface area is 82.8 Å². The van der Waals surface area contributed by atoms with Crippen molar-refractivity contribution in [1.29, 1.82) is 0 Å². The van der Waals surface area contributed by atoms with Crippen LogP contribution in [0, 0.1) is 11.8 Å². The van der Waals surface area contributed by atoms with Gasteiger partial charge >= 0.3 is 0 Å². The van der Waals surface area contributed by atoms with Crippen LogP contribution in [0.2, 0.25) is 0 Å². The minimum absolute atomic E-state index is 0.883. The summed E-state index contributed by atoms with van der Waals surface area (Å²) in [5.41, 5.74) is 0.952. The standard InChI is InChI=1S/C12H21N/c1-5-9-13(10-6-2)11-7-8-12(3)4/h3,5-6,9-11H2,1-2,4H3. The molecule has 0 unspecified atom stereocenters. The molecule has 0 aliphatic rings. The Balaban J connectivity index is 3.82. The van der Waals surface area contributed by atoms with E-state index in [-0.39, 0.29) is 0 Å². The quantitative estimate of drug-likeness (QED) is 0.586.